The topological polar surface area (TPSA) is 77.1 Å². The molecule has 3 rings (SSSR count). The van der Waals surface area contributed by atoms with Crippen molar-refractivity contribution >= 4 is 12.0 Å². The van der Waals surface area contributed by atoms with Gasteiger partial charge in [-0.05, 0) is 59.6 Å². The van der Waals surface area contributed by atoms with E-state index in [0.29, 0.717) is 39.1 Å². The maximum atomic E-state index is 12.7. The SMILES string of the molecule is CCOc1cc2c(cc1CNC(=O)C1CCN(C(=O)OC(C)(C)C)CC1)O[C@@H](C)C2. The van der Waals surface area contributed by atoms with E-state index in [4.69, 9.17) is 14.2 Å². The zero-order valence-electron chi connectivity index (χ0n) is 18.7. The number of likely N-dealkylation sites (tertiary alicyclic amines) is 1. The Labute approximate surface area is 179 Å². The van der Waals surface area contributed by atoms with E-state index in [9.17, 15) is 9.59 Å². The second kappa shape index (κ2) is 9.14. The minimum atomic E-state index is -0.513. The van der Waals surface area contributed by atoms with Crippen molar-refractivity contribution in [3.8, 4) is 11.5 Å². The lowest BCUT2D eigenvalue weighted by Gasteiger charge is -2.33. The van der Waals surface area contributed by atoms with Crippen LogP contribution in [-0.4, -0.2) is 48.3 Å². The van der Waals surface area contributed by atoms with Crippen molar-refractivity contribution in [2.24, 2.45) is 5.92 Å². The third-order valence-electron chi connectivity index (χ3n) is 5.35. The molecule has 1 fully saturated rings. The van der Waals surface area contributed by atoms with Gasteiger partial charge in [0.1, 0.15) is 23.2 Å². The van der Waals surface area contributed by atoms with Crippen molar-refractivity contribution in [2.75, 3.05) is 19.7 Å². The minimum Gasteiger partial charge on any atom is -0.494 e. The van der Waals surface area contributed by atoms with Crippen molar-refractivity contribution in [3.63, 3.8) is 0 Å². The number of amides is 2. The highest BCUT2D eigenvalue weighted by Gasteiger charge is 2.30. The van der Waals surface area contributed by atoms with Crippen LogP contribution in [0.2, 0.25) is 0 Å². The molecule has 2 amide bonds. The van der Waals surface area contributed by atoms with E-state index in [1.807, 2.05) is 46.8 Å². The van der Waals surface area contributed by atoms with Crippen LogP contribution in [0.15, 0.2) is 12.1 Å². The molecule has 166 valence electrons. The number of nitrogens with one attached hydrogen (secondary N) is 1. The lowest BCUT2D eigenvalue weighted by molar-refractivity contribution is -0.126. The van der Waals surface area contributed by atoms with Gasteiger partial charge in [-0.1, -0.05) is 0 Å². The fourth-order valence-electron chi connectivity index (χ4n) is 3.89. The number of ether oxygens (including phenoxy) is 3. The summed E-state index contributed by atoms with van der Waals surface area (Å²) in [4.78, 5) is 26.6. The smallest absolute Gasteiger partial charge is 0.410 e. The summed E-state index contributed by atoms with van der Waals surface area (Å²) in [5.41, 5.74) is 1.56. The van der Waals surface area contributed by atoms with Gasteiger partial charge in [-0.25, -0.2) is 4.79 Å². The van der Waals surface area contributed by atoms with Gasteiger partial charge in [0.25, 0.3) is 0 Å². The molecule has 2 aliphatic rings. The van der Waals surface area contributed by atoms with Gasteiger partial charge < -0.3 is 24.4 Å². The average Bonchev–Trinajstić information content (AvgIpc) is 3.03. The van der Waals surface area contributed by atoms with Gasteiger partial charge >= 0.3 is 6.09 Å². The van der Waals surface area contributed by atoms with Crippen LogP contribution in [0.1, 0.15) is 58.6 Å². The van der Waals surface area contributed by atoms with Crippen LogP contribution in [0, 0.1) is 5.92 Å². The van der Waals surface area contributed by atoms with Gasteiger partial charge in [0, 0.05) is 43.1 Å². The lowest BCUT2D eigenvalue weighted by atomic mass is 9.96. The molecular weight excluding hydrogens is 384 g/mol. The molecule has 1 N–H and O–H groups in total. The summed E-state index contributed by atoms with van der Waals surface area (Å²) in [5.74, 6) is 1.58. The monoisotopic (exact) mass is 418 g/mol. The van der Waals surface area contributed by atoms with Crippen molar-refractivity contribution in [2.45, 2.75) is 72.1 Å². The van der Waals surface area contributed by atoms with E-state index in [-0.39, 0.29) is 24.0 Å². The summed E-state index contributed by atoms with van der Waals surface area (Å²) < 4.78 is 17.1. The molecule has 7 nitrogen and oxygen atoms in total. The molecule has 7 heteroatoms. The molecule has 0 aliphatic carbocycles. The summed E-state index contributed by atoms with van der Waals surface area (Å²) in [6.45, 7) is 11.6. The van der Waals surface area contributed by atoms with Crippen molar-refractivity contribution in [1.29, 1.82) is 0 Å². The number of nitrogens with zero attached hydrogens (tertiary/aromatic N) is 1. The van der Waals surface area contributed by atoms with Crippen molar-refractivity contribution in [1.82, 2.24) is 10.2 Å². The Morgan fingerprint density at radius 2 is 1.93 bits per heavy atom. The molecule has 1 aromatic rings. The summed E-state index contributed by atoms with van der Waals surface area (Å²) in [6.07, 6.45) is 1.99. The summed E-state index contributed by atoms with van der Waals surface area (Å²) in [7, 11) is 0. The second-order valence-corrected chi connectivity index (χ2v) is 9.09. The first-order valence-corrected chi connectivity index (χ1v) is 10.9. The Hall–Kier alpha value is -2.44. The number of benzene rings is 1. The van der Waals surface area contributed by atoms with E-state index in [0.717, 1.165) is 29.0 Å². The molecule has 1 saturated heterocycles. The fraction of sp³-hybridized carbons (Fsp3) is 0.652. The summed E-state index contributed by atoms with van der Waals surface area (Å²) >= 11 is 0. The Morgan fingerprint density at radius 1 is 1.23 bits per heavy atom. The van der Waals surface area contributed by atoms with Crippen molar-refractivity contribution < 1.29 is 23.8 Å². The average molecular weight is 419 g/mol. The number of hydrogen-bond donors (Lipinski definition) is 1. The first kappa shape index (κ1) is 22.2. The standard InChI is InChI=1S/C23H34N2O5/c1-6-28-19-12-17-11-15(2)29-20(17)13-18(19)14-24-21(26)16-7-9-25(10-8-16)22(27)30-23(3,4)5/h12-13,15-16H,6-11,14H2,1-5H3,(H,24,26)/t15-/m0/s1. The van der Waals surface area contributed by atoms with E-state index >= 15 is 0 Å². The van der Waals surface area contributed by atoms with Gasteiger partial charge in [0.2, 0.25) is 5.91 Å². The Morgan fingerprint density at radius 3 is 2.57 bits per heavy atom. The molecule has 0 spiro atoms. The minimum absolute atomic E-state index is 0.0103. The quantitative estimate of drug-likeness (QED) is 0.789. The van der Waals surface area contributed by atoms with Crippen LogP contribution in [0.5, 0.6) is 11.5 Å². The molecule has 0 bridgehead atoms. The molecule has 0 unspecified atom stereocenters. The zero-order valence-corrected chi connectivity index (χ0v) is 18.7. The lowest BCUT2D eigenvalue weighted by Crippen LogP contribution is -2.44. The van der Waals surface area contributed by atoms with Crippen LogP contribution in [0.3, 0.4) is 0 Å². The van der Waals surface area contributed by atoms with Gasteiger partial charge in [0.05, 0.1) is 6.61 Å². The van der Waals surface area contributed by atoms with Gasteiger partial charge in [-0.2, -0.15) is 0 Å². The van der Waals surface area contributed by atoms with Crippen LogP contribution in [-0.2, 0) is 22.5 Å². The van der Waals surface area contributed by atoms with E-state index in [1.54, 1.807) is 4.90 Å². The zero-order chi connectivity index (χ0) is 21.9. The van der Waals surface area contributed by atoms with Crippen LogP contribution < -0.4 is 14.8 Å². The predicted molar refractivity (Wildman–Crippen MR) is 114 cm³/mol. The highest BCUT2D eigenvalue weighted by atomic mass is 16.6. The molecule has 1 atom stereocenters. The van der Waals surface area contributed by atoms with E-state index in [2.05, 4.69) is 5.32 Å². The van der Waals surface area contributed by atoms with Crippen molar-refractivity contribution in [3.05, 3.63) is 23.3 Å². The maximum Gasteiger partial charge on any atom is 0.410 e. The molecule has 2 heterocycles. The number of carbonyl (C=O) groups is 2. The van der Waals surface area contributed by atoms with E-state index < -0.39 is 5.60 Å². The third-order valence-corrected chi connectivity index (χ3v) is 5.35. The summed E-state index contributed by atoms with van der Waals surface area (Å²) in [5, 5.41) is 3.04. The fourth-order valence-corrected chi connectivity index (χ4v) is 3.89. The van der Waals surface area contributed by atoms with Crippen LogP contribution in [0.4, 0.5) is 4.79 Å². The Balaban J connectivity index is 1.54. The molecule has 0 saturated carbocycles. The Bertz CT molecular complexity index is 779. The van der Waals surface area contributed by atoms with E-state index in [1.165, 1.54) is 0 Å². The molecule has 1 aromatic carbocycles. The number of fused-ring (bicyclic) bond motifs is 1. The molecule has 0 radical (unpaired) electrons. The molecule has 30 heavy (non-hydrogen) atoms. The first-order valence-electron chi connectivity index (χ1n) is 10.9. The summed E-state index contributed by atoms with van der Waals surface area (Å²) in [6, 6.07) is 4.01. The number of carbonyl (C=O) groups excluding carboxylic acids is 2. The maximum absolute atomic E-state index is 12.7. The Kier molecular flexibility index (Phi) is 6.78. The third kappa shape index (κ3) is 5.58. The van der Waals surface area contributed by atoms with Crippen LogP contribution >= 0.6 is 0 Å². The van der Waals surface area contributed by atoms with Gasteiger partial charge in [-0.3, -0.25) is 4.79 Å². The highest BCUT2D eigenvalue weighted by Crippen LogP contribution is 2.35. The highest BCUT2D eigenvalue weighted by molar-refractivity contribution is 5.79. The van der Waals surface area contributed by atoms with Gasteiger partial charge in [0.15, 0.2) is 0 Å². The molecule has 0 aromatic heterocycles. The molecule has 2 aliphatic heterocycles. The first-order chi connectivity index (χ1) is 14.2. The van der Waals surface area contributed by atoms with Crippen LogP contribution in [0.25, 0.3) is 0 Å². The number of hydrogen-bond acceptors (Lipinski definition) is 5. The second-order valence-electron chi connectivity index (χ2n) is 9.09. The normalized spacial score (nSPS) is 19.1. The van der Waals surface area contributed by atoms with Gasteiger partial charge in [-0.15, -0.1) is 0 Å². The predicted octanol–water partition coefficient (Wildman–Crippen LogP) is 3.67. The number of piperidine rings is 1. The largest absolute Gasteiger partial charge is 0.494 e. The number of rotatable bonds is 5. The molecular formula is C23H34N2O5.